The minimum atomic E-state index is 0.0673. The predicted octanol–water partition coefficient (Wildman–Crippen LogP) is 3.23. The Morgan fingerprint density at radius 3 is 2.83 bits per heavy atom. The Morgan fingerprint density at radius 2 is 2.22 bits per heavy atom. The van der Waals surface area contributed by atoms with Crippen LogP contribution in [0.1, 0.15) is 24.2 Å². The van der Waals surface area contributed by atoms with Gasteiger partial charge in [0.15, 0.2) is 5.78 Å². The van der Waals surface area contributed by atoms with E-state index in [0.717, 1.165) is 20.9 Å². The third-order valence-corrected chi connectivity index (χ3v) is 3.54. The predicted molar refractivity (Wildman–Crippen MR) is 75.9 cm³/mol. The Labute approximate surface area is 115 Å². The van der Waals surface area contributed by atoms with Crippen LogP contribution in [0.4, 0.5) is 0 Å². The highest BCUT2D eigenvalue weighted by molar-refractivity contribution is 9.10. The number of rotatable bonds is 4. The summed E-state index contributed by atoms with van der Waals surface area (Å²) in [6.45, 7) is 4.41. The van der Waals surface area contributed by atoms with Crippen molar-refractivity contribution in [2.24, 2.45) is 5.92 Å². The second-order valence-electron chi connectivity index (χ2n) is 4.70. The lowest BCUT2D eigenvalue weighted by molar-refractivity contribution is 0.101. The van der Waals surface area contributed by atoms with Gasteiger partial charge in [0.25, 0.3) is 0 Å². The van der Waals surface area contributed by atoms with Crippen molar-refractivity contribution in [1.29, 1.82) is 0 Å². The molecule has 2 rings (SSSR count). The van der Waals surface area contributed by atoms with E-state index in [9.17, 15) is 4.79 Å². The van der Waals surface area contributed by atoms with E-state index in [4.69, 9.17) is 5.11 Å². The molecule has 96 valence electrons. The zero-order valence-corrected chi connectivity index (χ0v) is 12.1. The van der Waals surface area contributed by atoms with E-state index in [1.807, 2.05) is 35.9 Å². The molecule has 0 aliphatic rings. The first-order valence-electron chi connectivity index (χ1n) is 5.93. The second-order valence-corrected chi connectivity index (χ2v) is 5.62. The van der Waals surface area contributed by atoms with Gasteiger partial charge in [-0.15, -0.1) is 0 Å². The van der Waals surface area contributed by atoms with Crippen molar-refractivity contribution in [2.45, 2.75) is 20.4 Å². The van der Waals surface area contributed by atoms with Crippen LogP contribution in [0, 0.1) is 5.92 Å². The molecule has 0 fully saturated rings. The standard InChI is InChI=1S/C14H16BrNO2/c1-9(8-17)6-16-7-13(10(2)18)12-4-3-11(15)5-14(12)16/h3-5,7,9,17H,6,8H2,1-2H3. The Morgan fingerprint density at radius 1 is 1.50 bits per heavy atom. The monoisotopic (exact) mass is 309 g/mol. The van der Waals surface area contributed by atoms with Crippen molar-refractivity contribution < 1.29 is 9.90 Å². The van der Waals surface area contributed by atoms with Crippen LogP contribution in [0.2, 0.25) is 0 Å². The Kier molecular flexibility index (Phi) is 3.88. The highest BCUT2D eigenvalue weighted by Gasteiger charge is 2.13. The van der Waals surface area contributed by atoms with Crippen molar-refractivity contribution >= 4 is 32.6 Å². The number of aromatic nitrogens is 1. The first kappa shape index (κ1) is 13.3. The van der Waals surface area contributed by atoms with E-state index < -0.39 is 0 Å². The fourth-order valence-electron chi connectivity index (χ4n) is 2.09. The van der Waals surface area contributed by atoms with Crippen LogP contribution in [0.5, 0.6) is 0 Å². The first-order valence-corrected chi connectivity index (χ1v) is 6.72. The van der Waals surface area contributed by atoms with Gasteiger partial charge in [0.2, 0.25) is 0 Å². The van der Waals surface area contributed by atoms with Crippen LogP contribution < -0.4 is 0 Å². The SMILES string of the molecule is CC(=O)c1cn(CC(C)CO)c2cc(Br)ccc12. The molecule has 1 N–H and O–H groups in total. The lowest BCUT2D eigenvalue weighted by Gasteiger charge is -2.10. The third kappa shape index (κ3) is 2.49. The number of Topliss-reactive ketones (excluding diaryl/α,β-unsaturated/α-hetero) is 1. The molecule has 3 nitrogen and oxygen atoms in total. The van der Waals surface area contributed by atoms with Gasteiger partial charge >= 0.3 is 0 Å². The van der Waals surface area contributed by atoms with Crippen molar-refractivity contribution in [3.63, 3.8) is 0 Å². The fourth-order valence-corrected chi connectivity index (χ4v) is 2.44. The van der Waals surface area contributed by atoms with E-state index >= 15 is 0 Å². The van der Waals surface area contributed by atoms with Gasteiger partial charge in [-0.3, -0.25) is 4.79 Å². The average Bonchev–Trinajstić information content (AvgIpc) is 2.67. The van der Waals surface area contributed by atoms with Crippen LogP contribution in [0.25, 0.3) is 10.9 Å². The van der Waals surface area contributed by atoms with Gasteiger partial charge < -0.3 is 9.67 Å². The summed E-state index contributed by atoms with van der Waals surface area (Å²) in [5.41, 5.74) is 1.76. The molecule has 0 spiro atoms. The molecule has 1 atom stereocenters. The van der Waals surface area contributed by atoms with Gasteiger partial charge in [0, 0.05) is 40.3 Å². The topological polar surface area (TPSA) is 42.2 Å². The Bertz CT molecular complexity index is 589. The van der Waals surface area contributed by atoms with Crippen LogP contribution in [-0.4, -0.2) is 22.1 Å². The lowest BCUT2D eigenvalue weighted by Crippen LogP contribution is -2.10. The molecule has 0 radical (unpaired) electrons. The normalized spacial score (nSPS) is 12.9. The third-order valence-electron chi connectivity index (χ3n) is 3.04. The molecule has 1 aromatic heterocycles. The number of ketones is 1. The molecule has 0 amide bonds. The highest BCUT2D eigenvalue weighted by atomic mass is 79.9. The maximum absolute atomic E-state index is 11.6. The van der Waals surface area contributed by atoms with E-state index in [1.165, 1.54) is 0 Å². The average molecular weight is 310 g/mol. The van der Waals surface area contributed by atoms with E-state index in [2.05, 4.69) is 15.9 Å². The van der Waals surface area contributed by atoms with Gasteiger partial charge in [0.1, 0.15) is 0 Å². The minimum Gasteiger partial charge on any atom is -0.396 e. The molecule has 0 saturated carbocycles. The van der Waals surface area contributed by atoms with Gasteiger partial charge in [0.05, 0.1) is 0 Å². The van der Waals surface area contributed by atoms with Crippen molar-refractivity contribution in [1.82, 2.24) is 4.57 Å². The molecule has 18 heavy (non-hydrogen) atoms. The number of halogens is 1. The molecule has 1 aromatic carbocycles. The fraction of sp³-hybridized carbons (Fsp3) is 0.357. The molecular formula is C14H16BrNO2. The van der Waals surface area contributed by atoms with Crippen molar-refractivity contribution in [3.05, 3.63) is 34.4 Å². The number of fused-ring (bicyclic) bond motifs is 1. The Balaban J connectivity index is 2.58. The number of nitrogens with zero attached hydrogens (tertiary/aromatic N) is 1. The van der Waals surface area contributed by atoms with Crippen molar-refractivity contribution in [2.75, 3.05) is 6.61 Å². The number of benzene rings is 1. The number of hydrogen-bond donors (Lipinski definition) is 1. The first-order chi connectivity index (χ1) is 8.52. The highest BCUT2D eigenvalue weighted by Crippen LogP contribution is 2.26. The van der Waals surface area contributed by atoms with E-state index in [0.29, 0.717) is 6.54 Å². The molecule has 0 bridgehead atoms. The summed E-state index contributed by atoms with van der Waals surface area (Å²) in [6, 6.07) is 5.90. The molecule has 1 heterocycles. The molecular weight excluding hydrogens is 294 g/mol. The number of carbonyl (C=O) groups is 1. The minimum absolute atomic E-state index is 0.0673. The van der Waals surface area contributed by atoms with Gasteiger partial charge in [-0.1, -0.05) is 28.9 Å². The summed E-state index contributed by atoms with van der Waals surface area (Å²) in [4.78, 5) is 11.6. The zero-order valence-electron chi connectivity index (χ0n) is 10.5. The molecule has 0 aliphatic heterocycles. The van der Waals surface area contributed by atoms with Crippen LogP contribution in [0.15, 0.2) is 28.9 Å². The number of hydrogen-bond acceptors (Lipinski definition) is 2. The quantitative estimate of drug-likeness (QED) is 0.881. The van der Waals surface area contributed by atoms with Crippen LogP contribution in [-0.2, 0) is 6.54 Å². The van der Waals surface area contributed by atoms with E-state index in [-0.39, 0.29) is 18.3 Å². The number of aliphatic hydroxyl groups is 1. The second kappa shape index (κ2) is 5.24. The van der Waals surface area contributed by atoms with Crippen LogP contribution >= 0.6 is 15.9 Å². The van der Waals surface area contributed by atoms with E-state index in [1.54, 1.807) is 6.92 Å². The zero-order chi connectivity index (χ0) is 13.3. The maximum atomic E-state index is 11.6. The Hall–Kier alpha value is -1.13. The summed E-state index contributed by atoms with van der Waals surface area (Å²) in [5, 5.41) is 10.1. The van der Waals surface area contributed by atoms with Crippen LogP contribution in [0.3, 0.4) is 0 Å². The number of aliphatic hydroxyl groups excluding tert-OH is 1. The summed E-state index contributed by atoms with van der Waals surface area (Å²) in [6.07, 6.45) is 1.88. The summed E-state index contributed by atoms with van der Waals surface area (Å²) in [7, 11) is 0. The van der Waals surface area contributed by atoms with Crippen molar-refractivity contribution in [3.8, 4) is 0 Å². The molecule has 1 unspecified atom stereocenters. The molecule has 0 aliphatic carbocycles. The summed E-state index contributed by atoms with van der Waals surface area (Å²) < 4.78 is 3.03. The van der Waals surface area contributed by atoms with Gasteiger partial charge in [-0.2, -0.15) is 0 Å². The van der Waals surface area contributed by atoms with Gasteiger partial charge in [-0.05, 0) is 25.0 Å². The largest absolute Gasteiger partial charge is 0.396 e. The molecule has 0 saturated heterocycles. The maximum Gasteiger partial charge on any atom is 0.161 e. The summed E-state index contributed by atoms with van der Waals surface area (Å²) >= 11 is 3.45. The molecule has 4 heteroatoms. The lowest BCUT2D eigenvalue weighted by atomic mass is 10.1. The number of carbonyl (C=O) groups excluding carboxylic acids is 1. The van der Waals surface area contributed by atoms with Gasteiger partial charge in [-0.25, -0.2) is 0 Å². The summed E-state index contributed by atoms with van der Waals surface area (Å²) in [5.74, 6) is 0.233. The smallest absolute Gasteiger partial charge is 0.161 e. The molecule has 2 aromatic rings.